The first-order chi connectivity index (χ1) is 12.7. The molecule has 0 aromatic heterocycles. The molecule has 0 bridgehead atoms. The zero-order chi connectivity index (χ0) is 18.4. The van der Waals surface area contributed by atoms with Gasteiger partial charge in [-0.15, -0.1) is 0 Å². The van der Waals surface area contributed by atoms with Crippen LogP contribution >= 0.6 is 0 Å². The third kappa shape index (κ3) is 4.46. The SMILES string of the molecule is CN=C(NCc1ccc(OC)cc1)N1CCN(C(=O)C2CCCO2)CC1. The predicted molar refractivity (Wildman–Crippen MR) is 100 cm³/mol. The van der Waals surface area contributed by atoms with Crippen molar-refractivity contribution in [2.45, 2.75) is 25.5 Å². The number of amides is 1. The highest BCUT2D eigenvalue weighted by molar-refractivity contribution is 5.82. The summed E-state index contributed by atoms with van der Waals surface area (Å²) in [6.45, 7) is 4.38. The smallest absolute Gasteiger partial charge is 0.251 e. The Kier molecular flexibility index (Phi) is 6.33. The highest BCUT2D eigenvalue weighted by Gasteiger charge is 2.30. The molecule has 7 heteroatoms. The molecule has 2 fully saturated rings. The second kappa shape index (κ2) is 8.89. The normalized spacial score (nSPS) is 21.0. The quantitative estimate of drug-likeness (QED) is 0.643. The number of benzene rings is 1. The van der Waals surface area contributed by atoms with Crippen LogP contribution in [0.1, 0.15) is 18.4 Å². The molecule has 7 nitrogen and oxygen atoms in total. The van der Waals surface area contributed by atoms with E-state index in [0.717, 1.165) is 37.6 Å². The Balaban J connectivity index is 1.47. The van der Waals surface area contributed by atoms with Crippen LogP contribution in [-0.2, 0) is 16.1 Å². The summed E-state index contributed by atoms with van der Waals surface area (Å²) in [7, 11) is 3.46. The number of aliphatic imine (C=N–C) groups is 1. The molecule has 1 atom stereocenters. The molecule has 0 spiro atoms. The minimum atomic E-state index is -0.228. The Morgan fingerprint density at radius 2 is 1.92 bits per heavy atom. The molecule has 1 unspecified atom stereocenters. The Hall–Kier alpha value is -2.28. The first kappa shape index (κ1) is 18.5. The number of nitrogens with one attached hydrogen (secondary N) is 1. The number of nitrogens with zero attached hydrogens (tertiary/aromatic N) is 3. The number of hydrogen-bond acceptors (Lipinski definition) is 4. The second-order valence-electron chi connectivity index (χ2n) is 6.56. The largest absolute Gasteiger partial charge is 0.497 e. The minimum Gasteiger partial charge on any atom is -0.497 e. The van der Waals surface area contributed by atoms with Gasteiger partial charge in [0.2, 0.25) is 0 Å². The van der Waals surface area contributed by atoms with Crippen molar-refractivity contribution in [3.63, 3.8) is 0 Å². The average molecular weight is 360 g/mol. The van der Waals surface area contributed by atoms with Gasteiger partial charge in [0.1, 0.15) is 11.9 Å². The highest BCUT2D eigenvalue weighted by Crippen LogP contribution is 2.16. The molecule has 0 radical (unpaired) electrons. The van der Waals surface area contributed by atoms with E-state index >= 15 is 0 Å². The van der Waals surface area contributed by atoms with E-state index in [2.05, 4.69) is 15.2 Å². The number of guanidine groups is 1. The van der Waals surface area contributed by atoms with Gasteiger partial charge in [0.05, 0.1) is 7.11 Å². The van der Waals surface area contributed by atoms with Gasteiger partial charge in [-0.05, 0) is 30.5 Å². The van der Waals surface area contributed by atoms with Gasteiger partial charge in [0, 0.05) is 46.4 Å². The van der Waals surface area contributed by atoms with Crippen LogP contribution in [0, 0.1) is 0 Å². The van der Waals surface area contributed by atoms with Crippen molar-refractivity contribution in [3.8, 4) is 5.75 Å². The summed E-state index contributed by atoms with van der Waals surface area (Å²) < 4.78 is 10.7. The lowest BCUT2D eigenvalue weighted by molar-refractivity contribution is -0.142. The number of rotatable bonds is 4. The molecule has 2 aliphatic rings. The molecule has 1 amide bonds. The molecule has 0 saturated carbocycles. The van der Waals surface area contributed by atoms with Gasteiger partial charge in [-0.25, -0.2) is 0 Å². The van der Waals surface area contributed by atoms with Crippen LogP contribution in [0.4, 0.5) is 0 Å². The number of piperazine rings is 1. The fraction of sp³-hybridized carbons (Fsp3) is 0.579. The third-order valence-electron chi connectivity index (χ3n) is 4.92. The number of hydrogen-bond donors (Lipinski definition) is 1. The topological polar surface area (TPSA) is 66.4 Å². The van der Waals surface area contributed by atoms with Crippen molar-refractivity contribution in [3.05, 3.63) is 29.8 Å². The van der Waals surface area contributed by atoms with Crippen molar-refractivity contribution < 1.29 is 14.3 Å². The van der Waals surface area contributed by atoms with Crippen LogP contribution < -0.4 is 10.1 Å². The lowest BCUT2D eigenvalue weighted by Gasteiger charge is -2.37. The van der Waals surface area contributed by atoms with Gasteiger partial charge in [-0.2, -0.15) is 0 Å². The van der Waals surface area contributed by atoms with E-state index in [4.69, 9.17) is 9.47 Å². The molecule has 2 saturated heterocycles. The Labute approximate surface area is 155 Å². The van der Waals surface area contributed by atoms with E-state index in [1.165, 1.54) is 5.56 Å². The van der Waals surface area contributed by atoms with Gasteiger partial charge in [0.15, 0.2) is 5.96 Å². The molecular formula is C19H28N4O3. The summed E-state index contributed by atoms with van der Waals surface area (Å²) in [4.78, 5) is 20.9. The van der Waals surface area contributed by atoms with Crippen LogP contribution in [0.25, 0.3) is 0 Å². The molecule has 142 valence electrons. The van der Waals surface area contributed by atoms with Crippen LogP contribution in [0.15, 0.2) is 29.3 Å². The van der Waals surface area contributed by atoms with Crippen LogP contribution in [-0.4, -0.2) is 74.7 Å². The van der Waals surface area contributed by atoms with Crippen LogP contribution in [0.3, 0.4) is 0 Å². The summed E-state index contributed by atoms with van der Waals surface area (Å²) in [5, 5.41) is 3.40. The second-order valence-corrected chi connectivity index (χ2v) is 6.56. The maximum absolute atomic E-state index is 12.4. The molecule has 26 heavy (non-hydrogen) atoms. The van der Waals surface area contributed by atoms with E-state index in [0.29, 0.717) is 26.2 Å². The Bertz CT molecular complexity index is 618. The predicted octanol–water partition coefficient (Wildman–Crippen LogP) is 1.09. The molecule has 3 rings (SSSR count). The molecule has 1 aromatic rings. The Morgan fingerprint density at radius 1 is 1.23 bits per heavy atom. The first-order valence-electron chi connectivity index (χ1n) is 9.20. The molecule has 1 aromatic carbocycles. The number of carbonyl (C=O) groups excluding carboxylic acids is 1. The van der Waals surface area contributed by atoms with E-state index in [-0.39, 0.29) is 12.0 Å². The fourth-order valence-electron chi connectivity index (χ4n) is 3.37. The standard InChI is InChI=1S/C19H28N4O3/c1-20-19(21-14-15-5-7-16(25-2)8-6-15)23-11-9-22(10-12-23)18(24)17-4-3-13-26-17/h5-8,17H,3-4,9-14H2,1-2H3,(H,20,21). The molecule has 0 aliphatic carbocycles. The van der Waals surface area contributed by atoms with E-state index < -0.39 is 0 Å². The van der Waals surface area contributed by atoms with Gasteiger partial charge < -0.3 is 24.6 Å². The van der Waals surface area contributed by atoms with Crippen molar-refractivity contribution in [1.82, 2.24) is 15.1 Å². The summed E-state index contributed by atoms with van der Waals surface area (Å²) in [6, 6.07) is 7.99. The zero-order valence-electron chi connectivity index (χ0n) is 15.6. The first-order valence-corrected chi connectivity index (χ1v) is 9.20. The van der Waals surface area contributed by atoms with Crippen molar-refractivity contribution in [2.24, 2.45) is 4.99 Å². The zero-order valence-corrected chi connectivity index (χ0v) is 15.6. The number of ether oxygens (including phenoxy) is 2. The van der Waals surface area contributed by atoms with E-state index in [1.54, 1.807) is 14.2 Å². The summed E-state index contributed by atoms with van der Waals surface area (Å²) in [5.41, 5.74) is 1.17. The molecule has 2 aliphatic heterocycles. The molecular weight excluding hydrogens is 332 g/mol. The lowest BCUT2D eigenvalue weighted by Crippen LogP contribution is -2.55. The van der Waals surface area contributed by atoms with Crippen molar-refractivity contribution in [1.29, 1.82) is 0 Å². The fourth-order valence-corrected chi connectivity index (χ4v) is 3.37. The van der Waals surface area contributed by atoms with Gasteiger partial charge >= 0.3 is 0 Å². The summed E-state index contributed by atoms with van der Waals surface area (Å²) in [6.07, 6.45) is 1.61. The van der Waals surface area contributed by atoms with Gasteiger partial charge in [0.25, 0.3) is 5.91 Å². The van der Waals surface area contributed by atoms with Gasteiger partial charge in [-0.1, -0.05) is 12.1 Å². The molecule has 2 heterocycles. The van der Waals surface area contributed by atoms with E-state index in [1.807, 2.05) is 29.2 Å². The van der Waals surface area contributed by atoms with Crippen LogP contribution in [0.2, 0.25) is 0 Å². The van der Waals surface area contributed by atoms with Gasteiger partial charge in [-0.3, -0.25) is 9.79 Å². The van der Waals surface area contributed by atoms with Crippen LogP contribution in [0.5, 0.6) is 5.75 Å². The number of carbonyl (C=O) groups is 1. The monoisotopic (exact) mass is 360 g/mol. The highest BCUT2D eigenvalue weighted by atomic mass is 16.5. The summed E-state index contributed by atoms with van der Waals surface area (Å²) in [5.74, 6) is 1.86. The maximum Gasteiger partial charge on any atom is 0.251 e. The van der Waals surface area contributed by atoms with E-state index in [9.17, 15) is 4.79 Å². The molecule has 1 N–H and O–H groups in total. The minimum absolute atomic E-state index is 0.142. The summed E-state index contributed by atoms with van der Waals surface area (Å²) >= 11 is 0. The lowest BCUT2D eigenvalue weighted by atomic mass is 10.2. The third-order valence-corrected chi connectivity index (χ3v) is 4.92. The maximum atomic E-state index is 12.4. The average Bonchev–Trinajstić information content (AvgIpc) is 3.24. The number of methoxy groups -OCH3 is 1. The Morgan fingerprint density at radius 3 is 2.50 bits per heavy atom. The van der Waals surface area contributed by atoms with Crippen molar-refractivity contribution >= 4 is 11.9 Å². The van der Waals surface area contributed by atoms with Crippen molar-refractivity contribution in [2.75, 3.05) is 46.9 Å².